The molecule has 1 heterocycles. The molecule has 0 radical (unpaired) electrons. The Kier molecular flexibility index (Phi) is 7.98. The van der Waals surface area contributed by atoms with Gasteiger partial charge in [0.2, 0.25) is 11.0 Å². The number of hydrogen-bond donors (Lipinski definition) is 2. The first-order chi connectivity index (χ1) is 10.5. The quantitative estimate of drug-likeness (QED) is 0.813. The van der Waals surface area contributed by atoms with Gasteiger partial charge in [-0.25, -0.2) is 0 Å². The molecule has 1 aromatic carbocycles. The number of thioether (sulfide) groups is 1. The van der Waals surface area contributed by atoms with E-state index in [0.29, 0.717) is 11.6 Å². The standard InChI is InChI=1S/C15H20N4OS2.ClH/c1-9-6-10(2)8-11(7-9)14-18-19-15(22-14)17-13(20)12(16)4-5-21-3;/h6-8,12H,4-5,16H2,1-3H3,(H,17,19,20);1H/t12-;/m0./s1. The van der Waals surface area contributed by atoms with Crippen LogP contribution in [0.4, 0.5) is 5.13 Å². The van der Waals surface area contributed by atoms with Crippen molar-refractivity contribution in [3.05, 3.63) is 29.3 Å². The van der Waals surface area contributed by atoms with E-state index in [1.54, 1.807) is 11.8 Å². The van der Waals surface area contributed by atoms with Crippen LogP contribution in [0.25, 0.3) is 10.6 Å². The lowest BCUT2D eigenvalue weighted by Crippen LogP contribution is -2.36. The molecule has 0 aliphatic heterocycles. The molecule has 5 nitrogen and oxygen atoms in total. The Bertz CT molecular complexity index is 642. The SMILES string of the molecule is CSCC[C@H](N)C(=O)Nc1nnc(-c2cc(C)cc(C)c2)s1.Cl. The number of anilines is 1. The second-order valence-electron chi connectivity index (χ2n) is 5.17. The van der Waals surface area contributed by atoms with E-state index >= 15 is 0 Å². The zero-order valence-electron chi connectivity index (χ0n) is 13.3. The highest BCUT2D eigenvalue weighted by atomic mass is 35.5. The van der Waals surface area contributed by atoms with Crippen molar-refractivity contribution < 1.29 is 4.79 Å². The minimum atomic E-state index is -0.513. The van der Waals surface area contributed by atoms with Crippen molar-refractivity contribution in [3.63, 3.8) is 0 Å². The molecule has 1 aromatic heterocycles. The van der Waals surface area contributed by atoms with Crippen LogP contribution in [0.5, 0.6) is 0 Å². The van der Waals surface area contributed by atoms with Crippen LogP contribution in [0.3, 0.4) is 0 Å². The van der Waals surface area contributed by atoms with Gasteiger partial charge in [-0.1, -0.05) is 28.5 Å². The van der Waals surface area contributed by atoms with Crippen molar-refractivity contribution in [2.24, 2.45) is 5.73 Å². The fourth-order valence-corrected chi connectivity index (χ4v) is 3.29. The number of halogens is 1. The highest BCUT2D eigenvalue weighted by molar-refractivity contribution is 7.98. The van der Waals surface area contributed by atoms with Crippen LogP contribution in [0.15, 0.2) is 18.2 Å². The van der Waals surface area contributed by atoms with Gasteiger partial charge in [-0.3, -0.25) is 10.1 Å². The average Bonchev–Trinajstić information content (AvgIpc) is 2.92. The van der Waals surface area contributed by atoms with Crippen LogP contribution in [-0.4, -0.2) is 34.2 Å². The number of carbonyl (C=O) groups is 1. The molecule has 2 aromatic rings. The zero-order valence-corrected chi connectivity index (χ0v) is 15.8. The predicted molar refractivity (Wildman–Crippen MR) is 102 cm³/mol. The lowest BCUT2D eigenvalue weighted by Gasteiger charge is -2.08. The van der Waals surface area contributed by atoms with E-state index in [4.69, 9.17) is 5.73 Å². The third-order valence-corrected chi connectivity index (χ3v) is 4.63. The van der Waals surface area contributed by atoms with Crippen molar-refractivity contribution in [2.75, 3.05) is 17.3 Å². The average molecular weight is 373 g/mol. The molecular formula is C15H21ClN4OS2. The van der Waals surface area contributed by atoms with Crippen molar-refractivity contribution in [1.29, 1.82) is 0 Å². The van der Waals surface area contributed by atoms with Crippen LogP contribution in [0, 0.1) is 13.8 Å². The lowest BCUT2D eigenvalue weighted by atomic mass is 10.1. The Balaban J connectivity index is 0.00000264. The van der Waals surface area contributed by atoms with Gasteiger partial charge in [-0.05, 0) is 44.4 Å². The predicted octanol–water partition coefficient (Wildman–Crippen LogP) is 3.26. The summed E-state index contributed by atoms with van der Waals surface area (Å²) < 4.78 is 0. The normalized spacial score (nSPS) is 11.7. The highest BCUT2D eigenvalue weighted by Gasteiger charge is 2.16. The number of nitrogens with zero attached hydrogens (tertiary/aromatic N) is 2. The summed E-state index contributed by atoms with van der Waals surface area (Å²) in [5.41, 5.74) is 9.21. The van der Waals surface area contributed by atoms with Gasteiger partial charge in [-0.2, -0.15) is 11.8 Å². The van der Waals surface area contributed by atoms with Crippen molar-refractivity contribution in [2.45, 2.75) is 26.3 Å². The van der Waals surface area contributed by atoms with E-state index in [0.717, 1.165) is 16.3 Å². The van der Waals surface area contributed by atoms with Gasteiger partial charge >= 0.3 is 0 Å². The largest absolute Gasteiger partial charge is 0.320 e. The summed E-state index contributed by atoms with van der Waals surface area (Å²) in [6.45, 7) is 4.09. The third kappa shape index (κ3) is 5.76. The number of benzene rings is 1. The summed E-state index contributed by atoms with van der Waals surface area (Å²) in [5.74, 6) is 0.649. The maximum atomic E-state index is 12.0. The third-order valence-electron chi connectivity index (χ3n) is 3.09. The molecule has 1 amide bonds. The lowest BCUT2D eigenvalue weighted by molar-refractivity contribution is -0.117. The second kappa shape index (κ2) is 9.22. The fraction of sp³-hybridized carbons (Fsp3) is 0.400. The zero-order chi connectivity index (χ0) is 16.1. The van der Waals surface area contributed by atoms with Gasteiger partial charge in [0.15, 0.2) is 0 Å². The second-order valence-corrected chi connectivity index (χ2v) is 7.13. The van der Waals surface area contributed by atoms with E-state index in [-0.39, 0.29) is 18.3 Å². The van der Waals surface area contributed by atoms with Gasteiger partial charge in [0, 0.05) is 5.56 Å². The minimum Gasteiger partial charge on any atom is -0.320 e. The minimum absolute atomic E-state index is 0. The van der Waals surface area contributed by atoms with Crippen molar-refractivity contribution >= 4 is 46.5 Å². The molecule has 3 N–H and O–H groups in total. The summed E-state index contributed by atoms with van der Waals surface area (Å²) in [5, 5.41) is 12.2. The molecule has 23 heavy (non-hydrogen) atoms. The first-order valence-corrected chi connectivity index (χ1v) is 9.18. The Morgan fingerprint density at radius 1 is 1.30 bits per heavy atom. The van der Waals surface area contributed by atoms with E-state index in [9.17, 15) is 4.79 Å². The molecular weight excluding hydrogens is 352 g/mol. The number of nitrogens with one attached hydrogen (secondary N) is 1. The first kappa shape index (κ1) is 19.9. The van der Waals surface area contributed by atoms with Gasteiger partial charge in [0.1, 0.15) is 5.01 Å². The Hall–Kier alpha value is -1.15. The summed E-state index contributed by atoms with van der Waals surface area (Å²) in [6.07, 6.45) is 2.64. The van der Waals surface area contributed by atoms with Crippen LogP contribution >= 0.6 is 35.5 Å². The maximum absolute atomic E-state index is 12.0. The summed E-state index contributed by atoms with van der Waals surface area (Å²) in [6, 6.07) is 5.71. The van der Waals surface area contributed by atoms with Crippen LogP contribution in [0.1, 0.15) is 17.5 Å². The number of rotatable bonds is 6. The molecule has 126 valence electrons. The Labute approximate surface area is 150 Å². The first-order valence-electron chi connectivity index (χ1n) is 6.97. The Morgan fingerprint density at radius 3 is 2.57 bits per heavy atom. The van der Waals surface area contributed by atoms with Crippen LogP contribution < -0.4 is 11.1 Å². The molecule has 0 saturated carbocycles. The molecule has 0 saturated heterocycles. The monoisotopic (exact) mass is 372 g/mol. The molecule has 0 aliphatic carbocycles. The van der Waals surface area contributed by atoms with Gasteiger partial charge < -0.3 is 5.73 Å². The number of nitrogens with two attached hydrogens (primary N) is 1. The molecule has 2 rings (SSSR count). The smallest absolute Gasteiger partial charge is 0.243 e. The van der Waals surface area contributed by atoms with Crippen molar-refractivity contribution in [1.82, 2.24) is 10.2 Å². The number of hydrogen-bond acceptors (Lipinski definition) is 6. The van der Waals surface area contributed by atoms with E-state index in [1.807, 2.05) is 20.1 Å². The molecule has 0 spiro atoms. The van der Waals surface area contributed by atoms with Crippen molar-refractivity contribution in [3.8, 4) is 10.6 Å². The maximum Gasteiger partial charge on any atom is 0.243 e. The van der Waals surface area contributed by atoms with Gasteiger partial charge in [0.25, 0.3) is 0 Å². The molecule has 0 fully saturated rings. The Morgan fingerprint density at radius 2 is 1.96 bits per heavy atom. The highest BCUT2D eigenvalue weighted by Crippen LogP contribution is 2.27. The molecule has 8 heteroatoms. The van der Waals surface area contributed by atoms with E-state index in [2.05, 4.69) is 33.7 Å². The number of aryl methyl sites for hydroxylation is 2. The molecule has 1 atom stereocenters. The number of amides is 1. The van der Waals surface area contributed by atoms with E-state index < -0.39 is 6.04 Å². The molecule has 0 aliphatic rings. The summed E-state index contributed by atoms with van der Waals surface area (Å²) in [4.78, 5) is 12.0. The van der Waals surface area contributed by atoms with Crippen LogP contribution in [-0.2, 0) is 4.79 Å². The van der Waals surface area contributed by atoms with Gasteiger partial charge in [-0.15, -0.1) is 22.6 Å². The van der Waals surface area contributed by atoms with E-state index in [1.165, 1.54) is 22.5 Å². The topological polar surface area (TPSA) is 80.9 Å². The number of aromatic nitrogens is 2. The molecule has 0 unspecified atom stereocenters. The summed E-state index contributed by atoms with van der Waals surface area (Å²) in [7, 11) is 0. The number of carbonyl (C=O) groups excluding carboxylic acids is 1. The fourth-order valence-electron chi connectivity index (χ4n) is 2.06. The van der Waals surface area contributed by atoms with Gasteiger partial charge in [0.05, 0.1) is 6.04 Å². The summed E-state index contributed by atoms with van der Waals surface area (Å²) >= 11 is 3.03. The molecule has 0 bridgehead atoms. The van der Waals surface area contributed by atoms with Crippen LogP contribution in [0.2, 0.25) is 0 Å².